The lowest BCUT2D eigenvalue weighted by Crippen LogP contribution is -2.45. The number of nitrogens with zero attached hydrogens (tertiary/aromatic N) is 2. The minimum atomic E-state index is -0.574. The van der Waals surface area contributed by atoms with Crippen molar-refractivity contribution < 1.29 is 14.3 Å². The Morgan fingerprint density at radius 2 is 2.08 bits per heavy atom. The standard InChI is InChI=1S/C18H25N3O3S/c19-18(23)16-10-13(7-8-20-16)24-14-4-3-9-21(11-14)17(22)12-25-15-5-1-2-6-15/h7-8,10,14-15H,1-6,9,11-12H2,(H2,19,23). The summed E-state index contributed by atoms with van der Waals surface area (Å²) in [5, 5.41) is 0.657. The predicted molar refractivity (Wildman–Crippen MR) is 97.7 cm³/mol. The minimum absolute atomic E-state index is 0.0580. The highest BCUT2D eigenvalue weighted by Crippen LogP contribution is 2.29. The molecule has 6 nitrogen and oxygen atoms in total. The first-order valence-corrected chi connectivity index (χ1v) is 9.98. The molecule has 3 rings (SSSR count). The topological polar surface area (TPSA) is 85.5 Å². The highest BCUT2D eigenvalue weighted by atomic mass is 32.2. The Bertz CT molecular complexity index is 619. The molecule has 1 aliphatic heterocycles. The second-order valence-electron chi connectivity index (χ2n) is 6.68. The van der Waals surface area contributed by atoms with Crippen molar-refractivity contribution in [2.75, 3.05) is 18.8 Å². The van der Waals surface area contributed by atoms with Crippen LogP contribution in [0.3, 0.4) is 0 Å². The van der Waals surface area contributed by atoms with Gasteiger partial charge in [0.2, 0.25) is 5.91 Å². The molecule has 2 N–H and O–H groups in total. The number of carbonyl (C=O) groups is 2. The number of nitrogens with two attached hydrogens (primary N) is 1. The molecule has 1 aromatic rings. The van der Waals surface area contributed by atoms with E-state index in [0.29, 0.717) is 23.3 Å². The van der Waals surface area contributed by atoms with Gasteiger partial charge in [0.1, 0.15) is 17.5 Å². The molecule has 1 saturated heterocycles. The number of ether oxygens (including phenoxy) is 1. The molecule has 0 aromatic carbocycles. The molecule has 0 spiro atoms. The fraction of sp³-hybridized carbons (Fsp3) is 0.611. The fourth-order valence-electron chi connectivity index (χ4n) is 3.41. The van der Waals surface area contributed by atoms with Gasteiger partial charge in [-0.1, -0.05) is 12.8 Å². The third kappa shape index (κ3) is 5.11. The van der Waals surface area contributed by atoms with Gasteiger partial charge in [0, 0.05) is 24.1 Å². The Balaban J connectivity index is 1.51. The van der Waals surface area contributed by atoms with E-state index in [1.165, 1.54) is 31.9 Å². The maximum Gasteiger partial charge on any atom is 0.267 e. The smallest absolute Gasteiger partial charge is 0.267 e. The molecule has 0 radical (unpaired) electrons. The van der Waals surface area contributed by atoms with Gasteiger partial charge in [-0.15, -0.1) is 11.8 Å². The number of hydrogen-bond acceptors (Lipinski definition) is 5. The average molecular weight is 363 g/mol. The monoisotopic (exact) mass is 363 g/mol. The van der Waals surface area contributed by atoms with Crippen LogP contribution in [-0.4, -0.2) is 51.9 Å². The normalized spacial score (nSPS) is 21.3. The van der Waals surface area contributed by atoms with Crippen LogP contribution in [0.1, 0.15) is 49.0 Å². The van der Waals surface area contributed by atoms with E-state index < -0.39 is 5.91 Å². The third-order valence-corrected chi connectivity index (χ3v) is 6.12. The summed E-state index contributed by atoms with van der Waals surface area (Å²) in [4.78, 5) is 29.5. The van der Waals surface area contributed by atoms with Crippen LogP contribution < -0.4 is 10.5 Å². The number of carbonyl (C=O) groups excluding carboxylic acids is 2. The molecule has 136 valence electrons. The summed E-state index contributed by atoms with van der Waals surface area (Å²) in [5.41, 5.74) is 5.44. The average Bonchev–Trinajstić information content (AvgIpc) is 3.13. The third-order valence-electron chi connectivity index (χ3n) is 4.76. The zero-order valence-corrected chi connectivity index (χ0v) is 15.2. The quantitative estimate of drug-likeness (QED) is 0.838. The van der Waals surface area contributed by atoms with Crippen LogP contribution in [0.2, 0.25) is 0 Å². The fourth-order valence-corrected chi connectivity index (χ4v) is 4.64. The largest absolute Gasteiger partial charge is 0.488 e. The molecule has 2 heterocycles. The van der Waals surface area contributed by atoms with Crippen LogP contribution in [-0.2, 0) is 4.79 Å². The highest BCUT2D eigenvalue weighted by Gasteiger charge is 2.26. The minimum Gasteiger partial charge on any atom is -0.488 e. The Kier molecular flexibility index (Phi) is 6.18. The van der Waals surface area contributed by atoms with Crippen molar-refractivity contribution in [1.82, 2.24) is 9.88 Å². The van der Waals surface area contributed by atoms with Crippen molar-refractivity contribution in [2.45, 2.75) is 49.9 Å². The molecule has 25 heavy (non-hydrogen) atoms. The van der Waals surface area contributed by atoms with Gasteiger partial charge >= 0.3 is 0 Å². The summed E-state index contributed by atoms with van der Waals surface area (Å²) in [5.74, 6) is 0.773. The first-order chi connectivity index (χ1) is 12.1. The second-order valence-corrected chi connectivity index (χ2v) is 7.97. The lowest BCUT2D eigenvalue weighted by molar-refractivity contribution is -0.130. The van der Waals surface area contributed by atoms with E-state index >= 15 is 0 Å². The van der Waals surface area contributed by atoms with Gasteiger partial charge in [-0.05, 0) is 31.7 Å². The maximum absolute atomic E-state index is 12.5. The summed E-state index contributed by atoms with van der Waals surface area (Å²) in [6.07, 6.45) is 8.36. The Hall–Kier alpha value is -1.76. The number of thioether (sulfide) groups is 1. The van der Waals surface area contributed by atoms with Gasteiger partial charge in [0.05, 0.1) is 12.3 Å². The van der Waals surface area contributed by atoms with Crippen LogP contribution in [0.4, 0.5) is 0 Å². The molecule has 7 heteroatoms. The van der Waals surface area contributed by atoms with Gasteiger partial charge in [-0.25, -0.2) is 0 Å². The molecular weight excluding hydrogens is 338 g/mol. The molecule has 1 aromatic heterocycles. The number of aromatic nitrogens is 1. The number of primary amides is 1. The Morgan fingerprint density at radius 1 is 1.28 bits per heavy atom. The van der Waals surface area contributed by atoms with Crippen LogP contribution in [0.25, 0.3) is 0 Å². The molecular formula is C18H25N3O3S. The van der Waals surface area contributed by atoms with E-state index in [9.17, 15) is 9.59 Å². The molecule has 1 unspecified atom stereocenters. The van der Waals surface area contributed by atoms with E-state index in [0.717, 1.165) is 19.4 Å². The van der Waals surface area contributed by atoms with Crippen molar-refractivity contribution in [2.24, 2.45) is 5.73 Å². The highest BCUT2D eigenvalue weighted by molar-refractivity contribution is 8.00. The Morgan fingerprint density at radius 3 is 2.84 bits per heavy atom. The molecule has 2 amide bonds. The first-order valence-electron chi connectivity index (χ1n) is 8.93. The van der Waals surface area contributed by atoms with Crippen molar-refractivity contribution in [3.05, 3.63) is 24.0 Å². The molecule has 2 aliphatic rings. The first kappa shape index (κ1) is 18.0. The summed E-state index contributed by atoms with van der Waals surface area (Å²) < 4.78 is 5.96. The summed E-state index contributed by atoms with van der Waals surface area (Å²) in [6, 6.07) is 3.27. The van der Waals surface area contributed by atoms with Crippen molar-refractivity contribution >= 4 is 23.6 Å². The van der Waals surface area contributed by atoms with E-state index in [4.69, 9.17) is 10.5 Å². The number of amides is 2. The summed E-state index contributed by atoms with van der Waals surface area (Å²) in [7, 11) is 0. The van der Waals surface area contributed by atoms with E-state index in [2.05, 4.69) is 4.98 Å². The second kappa shape index (κ2) is 8.56. The van der Waals surface area contributed by atoms with Crippen LogP contribution in [0.15, 0.2) is 18.3 Å². The number of rotatable bonds is 6. The maximum atomic E-state index is 12.5. The van der Waals surface area contributed by atoms with Crippen LogP contribution >= 0.6 is 11.8 Å². The lowest BCUT2D eigenvalue weighted by Gasteiger charge is -2.33. The van der Waals surface area contributed by atoms with Gasteiger partial charge in [-0.3, -0.25) is 14.6 Å². The zero-order valence-electron chi connectivity index (χ0n) is 14.4. The van der Waals surface area contributed by atoms with E-state index in [1.807, 2.05) is 4.90 Å². The van der Waals surface area contributed by atoms with E-state index in [1.54, 1.807) is 23.9 Å². The molecule has 2 fully saturated rings. The van der Waals surface area contributed by atoms with Crippen molar-refractivity contribution in [1.29, 1.82) is 0 Å². The summed E-state index contributed by atoms with van der Waals surface area (Å²) in [6.45, 7) is 1.39. The SMILES string of the molecule is NC(=O)c1cc(OC2CCCN(C(=O)CSC3CCCC3)C2)ccn1. The lowest BCUT2D eigenvalue weighted by atomic mass is 10.1. The number of hydrogen-bond donors (Lipinski definition) is 1. The summed E-state index contributed by atoms with van der Waals surface area (Å²) >= 11 is 1.80. The van der Waals surface area contributed by atoms with Crippen molar-refractivity contribution in [3.8, 4) is 5.75 Å². The number of likely N-dealkylation sites (tertiary alicyclic amines) is 1. The van der Waals surface area contributed by atoms with Gasteiger partial charge < -0.3 is 15.4 Å². The van der Waals surface area contributed by atoms with Gasteiger partial charge in [0.15, 0.2) is 0 Å². The Labute approximate surface area is 152 Å². The molecule has 1 atom stereocenters. The molecule has 1 aliphatic carbocycles. The molecule has 0 bridgehead atoms. The number of piperidine rings is 1. The van der Waals surface area contributed by atoms with Gasteiger partial charge in [-0.2, -0.15) is 0 Å². The van der Waals surface area contributed by atoms with Gasteiger partial charge in [0.25, 0.3) is 5.91 Å². The zero-order chi connectivity index (χ0) is 17.6. The molecule has 1 saturated carbocycles. The van der Waals surface area contributed by atoms with Crippen molar-refractivity contribution in [3.63, 3.8) is 0 Å². The predicted octanol–water partition coefficient (Wildman–Crippen LogP) is 2.23. The number of pyridine rings is 1. The van der Waals surface area contributed by atoms with Crippen LogP contribution in [0, 0.1) is 0 Å². The van der Waals surface area contributed by atoms with Crippen LogP contribution in [0.5, 0.6) is 5.75 Å². The van der Waals surface area contributed by atoms with E-state index in [-0.39, 0.29) is 17.7 Å².